The minimum absolute atomic E-state index is 0. The molecule has 1 aliphatic rings. The zero-order chi connectivity index (χ0) is 12.5. The topological polar surface area (TPSA) is 28.2 Å². The van der Waals surface area contributed by atoms with Crippen molar-refractivity contribution in [2.75, 3.05) is 31.1 Å². The first kappa shape index (κ1) is 14.6. The van der Waals surface area contributed by atoms with Gasteiger partial charge in [0, 0.05) is 47.4 Å². The SMILES string of the molecule is Cc1cc(N2CCNCC2)c2ccc(Br)cc2n1.Cl. The molecule has 5 heteroatoms. The zero-order valence-corrected chi connectivity index (χ0v) is 13.2. The highest BCUT2D eigenvalue weighted by atomic mass is 79.9. The Kier molecular flexibility index (Phi) is 4.66. The summed E-state index contributed by atoms with van der Waals surface area (Å²) >= 11 is 3.51. The van der Waals surface area contributed by atoms with E-state index in [1.165, 1.54) is 11.1 Å². The monoisotopic (exact) mass is 341 g/mol. The molecule has 0 radical (unpaired) electrons. The molecular formula is C14H17BrClN3. The van der Waals surface area contributed by atoms with Crippen molar-refractivity contribution >= 4 is 44.9 Å². The van der Waals surface area contributed by atoms with Gasteiger partial charge in [0.2, 0.25) is 0 Å². The number of pyridine rings is 1. The number of piperazine rings is 1. The number of halogens is 2. The molecule has 1 aromatic carbocycles. The van der Waals surface area contributed by atoms with Gasteiger partial charge in [-0.15, -0.1) is 12.4 Å². The van der Waals surface area contributed by atoms with Crippen molar-refractivity contribution in [2.45, 2.75) is 6.92 Å². The maximum Gasteiger partial charge on any atom is 0.0737 e. The summed E-state index contributed by atoms with van der Waals surface area (Å²) in [7, 11) is 0. The van der Waals surface area contributed by atoms with Crippen molar-refractivity contribution in [2.24, 2.45) is 0 Å². The minimum Gasteiger partial charge on any atom is -0.368 e. The van der Waals surface area contributed by atoms with E-state index in [1.807, 2.05) is 0 Å². The van der Waals surface area contributed by atoms with Crippen LogP contribution in [0.1, 0.15) is 5.69 Å². The molecule has 1 saturated heterocycles. The fourth-order valence-electron chi connectivity index (χ4n) is 2.48. The predicted molar refractivity (Wildman–Crippen MR) is 86.5 cm³/mol. The van der Waals surface area contributed by atoms with E-state index in [0.29, 0.717) is 0 Å². The molecule has 102 valence electrons. The van der Waals surface area contributed by atoms with Crippen LogP contribution in [0.25, 0.3) is 10.9 Å². The first-order valence-electron chi connectivity index (χ1n) is 6.26. The van der Waals surface area contributed by atoms with Crippen LogP contribution in [0.3, 0.4) is 0 Å². The standard InChI is InChI=1S/C14H16BrN3.ClH/c1-10-8-14(18-6-4-16-5-7-18)12-3-2-11(15)9-13(12)17-10;/h2-3,8-9,16H,4-7H2,1H3;1H. The Morgan fingerprint density at radius 3 is 2.68 bits per heavy atom. The van der Waals surface area contributed by atoms with Gasteiger partial charge in [0.1, 0.15) is 0 Å². The Hall–Kier alpha value is -0.840. The molecule has 3 nitrogen and oxygen atoms in total. The molecule has 0 atom stereocenters. The normalized spacial score (nSPS) is 15.4. The number of hydrogen-bond donors (Lipinski definition) is 1. The summed E-state index contributed by atoms with van der Waals surface area (Å²) in [5.74, 6) is 0. The average molecular weight is 343 g/mol. The lowest BCUT2D eigenvalue weighted by Crippen LogP contribution is -2.43. The number of aryl methyl sites for hydroxylation is 1. The summed E-state index contributed by atoms with van der Waals surface area (Å²) in [5.41, 5.74) is 3.46. The third kappa shape index (κ3) is 3.02. The van der Waals surface area contributed by atoms with Crippen molar-refractivity contribution in [3.05, 3.63) is 34.4 Å². The van der Waals surface area contributed by atoms with Crippen molar-refractivity contribution in [3.8, 4) is 0 Å². The van der Waals surface area contributed by atoms with Crippen molar-refractivity contribution in [1.82, 2.24) is 10.3 Å². The van der Waals surface area contributed by atoms with Crippen LogP contribution in [0.15, 0.2) is 28.7 Å². The average Bonchev–Trinajstić information content (AvgIpc) is 2.38. The summed E-state index contributed by atoms with van der Waals surface area (Å²) in [6.07, 6.45) is 0. The van der Waals surface area contributed by atoms with Gasteiger partial charge in [-0.05, 0) is 31.2 Å². The number of rotatable bonds is 1. The number of benzene rings is 1. The lowest BCUT2D eigenvalue weighted by Gasteiger charge is -2.30. The van der Waals surface area contributed by atoms with E-state index in [9.17, 15) is 0 Å². The lowest BCUT2D eigenvalue weighted by atomic mass is 10.1. The molecule has 1 aliphatic heterocycles. The van der Waals surface area contributed by atoms with Crippen molar-refractivity contribution in [3.63, 3.8) is 0 Å². The summed E-state index contributed by atoms with van der Waals surface area (Å²) in [6.45, 7) is 6.30. The largest absolute Gasteiger partial charge is 0.368 e. The molecule has 0 saturated carbocycles. The van der Waals surface area contributed by atoms with Crippen LogP contribution < -0.4 is 10.2 Å². The molecular weight excluding hydrogens is 326 g/mol. The lowest BCUT2D eigenvalue weighted by molar-refractivity contribution is 0.590. The van der Waals surface area contributed by atoms with Gasteiger partial charge in [0.05, 0.1) is 5.52 Å². The third-order valence-electron chi connectivity index (χ3n) is 3.34. The van der Waals surface area contributed by atoms with E-state index in [4.69, 9.17) is 0 Å². The molecule has 2 aromatic rings. The number of nitrogens with zero attached hydrogens (tertiary/aromatic N) is 2. The van der Waals surface area contributed by atoms with E-state index < -0.39 is 0 Å². The Bertz CT molecular complexity index is 577. The maximum absolute atomic E-state index is 4.62. The predicted octanol–water partition coefficient (Wildman–Crippen LogP) is 3.14. The van der Waals surface area contributed by atoms with Gasteiger partial charge in [0.15, 0.2) is 0 Å². The second-order valence-electron chi connectivity index (χ2n) is 4.68. The number of fused-ring (bicyclic) bond motifs is 1. The molecule has 2 heterocycles. The van der Waals surface area contributed by atoms with Crippen LogP contribution in [0.2, 0.25) is 0 Å². The van der Waals surface area contributed by atoms with Gasteiger partial charge >= 0.3 is 0 Å². The quantitative estimate of drug-likeness (QED) is 0.863. The van der Waals surface area contributed by atoms with E-state index in [2.05, 4.69) is 62.3 Å². The number of nitrogens with one attached hydrogen (secondary N) is 1. The van der Waals surface area contributed by atoms with Crippen molar-refractivity contribution in [1.29, 1.82) is 0 Å². The Labute approximate surface area is 127 Å². The number of aromatic nitrogens is 1. The van der Waals surface area contributed by atoms with Crippen LogP contribution in [-0.4, -0.2) is 31.2 Å². The second-order valence-corrected chi connectivity index (χ2v) is 5.60. The molecule has 0 unspecified atom stereocenters. The fourth-order valence-corrected chi connectivity index (χ4v) is 2.83. The molecule has 19 heavy (non-hydrogen) atoms. The number of anilines is 1. The van der Waals surface area contributed by atoms with Crippen LogP contribution in [0.4, 0.5) is 5.69 Å². The van der Waals surface area contributed by atoms with E-state index in [1.54, 1.807) is 0 Å². The Balaban J connectivity index is 0.00000133. The smallest absolute Gasteiger partial charge is 0.0737 e. The molecule has 0 aliphatic carbocycles. The molecule has 1 N–H and O–H groups in total. The molecule has 1 fully saturated rings. The molecule has 0 bridgehead atoms. The number of hydrogen-bond acceptors (Lipinski definition) is 3. The molecule has 0 amide bonds. The third-order valence-corrected chi connectivity index (χ3v) is 3.83. The van der Waals surface area contributed by atoms with Gasteiger partial charge in [-0.1, -0.05) is 15.9 Å². The first-order chi connectivity index (χ1) is 8.74. The second kappa shape index (κ2) is 6.07. The van der Waals surface area contributed by atoms with Crippen LogP contribution in [-0.2, 0) is 0 Å². The summed E-state index contributed by atoms with van der Waals surface area (Å²) in [6, 6.07) is 8.53. The highest BCUT2D eigenvalue weighted by Gasteiger charge is 2.14. The molecule has 1 aromatic heterocycles. The van der Waals surface area contributed by atoms with E-state index >= 15 is 0 Å². The van der Waals surface area contributed by atoms with E-state index in [0.717, 1.165) is 41.9 Å². The van der Waals surface area contributed by atoms with E-state index in [-0.39, 0.29) is 12.4 Å². The summed E-state index contributed by atoms with van der Waals surface area (Å²) in [5, 5.41) is 4.63. The van der Waals surface area contributed by atoms with Crippen LogP contribution >= 0.6 is 28.3 Å². The highest BCUT2D eigenvalue weighted by Crippen LogP contribution is 2.29. The zero-order valence-electron chi connectivity index (χ0n) is 10.8. The minimum atomic E-state index is 0. The fraction of sp³-hybridized carbons (Fsp3) is 0.357. The van der Waals surface area contributed by atoms with Gasteiger partial charge < -0.3 is 10.2 Å². The van der Waals surface area contributed by atoms with Gasteiger partial charge in [-0.25, -0.2) is 0 Å². The van der Waals surface area contributed by atoms with Crippen LogP contribution in [0.5, 0.6) is 0 Å². The van der Waals surface area contributed by atoms with Gasteiger partial charge in [0.25, 0.3) is 0 Å². The Morgan fingerprint density at radius 1 is 1.21 bits per heavy atom. The molecule has 3 rings (SSSR count). The Morgan fingerprint density at radius 2 is 1.95 bits per heavy atom. The van der Waals surface area contributed by atoms with Gasteiger partial charge in [-0.2, -0.15) is 0 Å². The maximum atomic E-state index is 4.62. The summed E-state index contributed by atoms with van der Waals surface area (Å²) < 4.78 is 1.08. The van der Waals surface area contributed by atoms with Crippen molar-refractivity contribution < 1.29 is 0 Å². The van der Waals surface area contributed by atoms with Gasteiger partial charge in [-0.3, -0.25) is 4.98 Å². The highest BCUT2D eigenvalue weighted by molar-refractivity contribution is 9.10. The van der Waals surface area contributed by atoms with Crippen LogP contribution in [0, 0.1) is 6.92 Å². The first-order valence-corrected chi connectivity index (χ1v) is 7.06. The summed E-state index contributed by atoms with van der Waals surface area (Å²) in [4.78, 5) is 7.07. The molecule has 0 spiro atoms.